The minimum atomic E-state index is -0.389. The quantitative estimate of drug-likeness (QED) is 0.734. The van der Waals surface area contributed by atoms with Crippen molar-refractivity contribution in [1.82, 2.24) is 10.2 Å². The van der Waals surface area contributed by atoms with Crippen LogP contribution in [0.4, 0.5) is 0 Å². The predicted octanol–water partition coefficient (Wildman–Crippen LogP) is 1.14. The molecule has 0 bridgehead atoms. The van der Waals surface area contributed by atoms with Crippen molar-refractivity contribution in [3.8, 4) is 0 Å². The minimum Gasteiger partial charge on any atom is -0.393 e. The second-order valence-electron chi connectivity index (χ2n) is 5.14. The summed E-state index contributed by atoms with van der Waals surface area (Å²) in [5.74, 6) is 0.0507. The van der Waals surface area contributed by atoms with E-state index in [0.29, 0.717) is 18.9 Å². The van der Waals surface area contributed by atoms with E-state index in [4.69, 9.17) is 5.11 Å². The molecule has 0 saturated carbocycles. The van der Waals surface area contributed by atoms with E-state index in [-0.39, 0.29) is 12.0 Å². The normalized spacial score (nSPS) is 20.9. The Morgan fingerprint density at radius 1 is 1.29 bits per heavy atom. The molecule has 1 aliphatic heterocycles. The lowest BCUT2D eigenvalue weighted by molar-refractivity contribution is -0.121. The molecule has 0 radical (unpaired) electrons. The van der Waals surface area contributed by atoms with Gasteiger partial charge in [0.15, 0.2) is 0 Å². The van der Waals surface area contributed by atoms with Crippen molar-refractivity contribution < 1.29 is 9.90 Å². The van der Waals surface area contributed by atoms with Gasteiger partial charge in [0.05, 0.1) is 6.10 Å². The number of nitrogens with zero attached hydrogens (tertiary/aromatic N) is 1. The van der Waals surface area contributed by atoms with Crippen molar-refractivity contribution >= 4 is 5.91 Å². The molecule has 0 aromatic heterocycles. The van der Waals surface area contributed by atoms with Crippen LogP contribution in [0.15, 0.2) is 0 Å². The highest BCUT2D eigenvalue weighted by Crippen LogP contribution is 2.11. The number of rotatable bonds is 6. The molecule has 1 amide bonds. The van der Waals surface area contributed by atoms with E-state index in [1.54, 1.807) is 6.92 Å². The van der Waals surface area contributed by atoms with E-state index < -0.39 is 0 Å². The fourth-order valence-corrected chi connectivity index (χ4v) is 2.18. The lowest BCUT2D eigenvalue weighted by atomic mass is 10.1. The molecule has 1 aliphatic rings. The maximum Gasteiger partial charge on any atom is 0.220 e. The summed E-state index contributed by atoms with van der Waals surface area (Å²) in [5, 5.41) is 12.0. The second-order valence-corrected chi connectivity index (χ2v) is 5.14. The van der Waals surface area contributed by atoms with Crippen LogP contribution in [0.25, 0.3) is 0 Å². The molecular formula is C13H26N2O2. The average molecular weight is 242 g/mol. The summed E-state index contributed by atoms with van der Waals surface area (Å²) in [6.07, 6.45) is 4.47. The van der Waals surface area contributed by atoms with Gasteiger partial charge in [-0.05, 0) is 46.2 Å². The van der Waals surface area contributed by atoms with Gasteiger partial charge in [0.2, 0.25) is 5.91 Å². The van der Waals surface area contributed by atoms with Gasteiger partial charge in [0.25, 0.3) is 0 Å². The van der Waals surface area contributed by atoms with Crippen LogP contribution in [-0.4, -0.2) is 47.7 Å². The molecule has 1 rings (SSSR count). The Morgan fingerprint density at radius 2 is 1.94 bits per heavy atom. The van der Waals surface area contributed by atoms with Gasteiger partial charge >= 0.3 is 0 Å². The van der Waals surface area contributed by atoms with Crippen LogP contribution in [0.2, 0.25) is 0 Å². The number of likely N-dealkylation sites (tertiary alicyclic amines) is 1. The van der Waals surface area contributed by atoms with Gasteiger partial charge in [0, 0.05) is 19.0 Å². The number of nitrogens with one attached hydrogen (secondary N) is 1. The zero-order valence-corrected chi connectivity index (χ0v) is 11.1. The highest BCUT2D eigenvalue weighted by molar-refractivity contribution is 5.75. The first kappa shape index (κ1) is 14.5. The third-order valence-corrected chi connectivity index (χ3v) is 3.40. The number of carbonyl (C=O) groups excluding carboxylic acids is 1. The number of piperidine rings is 1. The molecule has 2 unspecified atom stereocenters. The number of amides is 1. The zero-order chi connectivity index (χ0) is 12.7. The van der Waals surface area contributed by atoms with E-state index in [1.165, 1.54) is 19.3 Å². The molecule has 17 heavy (non-hydrogen) atoms. The molecular weight excluding hydrogens is 216 g/mol. The van der Waals surface area contributed by atoms with E-state index in [0.717, 1.165) is 19.6 Å². The van der Waals surface area contributed by atoms with Gasteiger partial charge in [-0.3, -0.25) is 9.69 Å². The van der Waals surface area contributed by atoms with Crippen LogP contribution in [0, 0.1) is 0 Å². The zero-order valence-electron chi connectivity index (χ0n) is 11.1. The molecule has 100 valence electrons. The van der Waals surface area contributed by atoms with Crippen molar-refractivity contribution in [2.75, 3.05) is 19.6 Å². The van der Waals surface area contributed by atoms with E-state index in [2.05, 4.69) is 17.1 Å². The summed E-state index contributed by atoms with van der Waals surface area (Å²) < 4.78 is 0. The van der Waals surface area contributed by atoms with Gasteiger partial charge in [-0.2, -0.15) is 0 Å². The molecule has 0 spiro atoms. The van der Waals surface area contributed by atoms with E-state index >= 15 is 0 Å². The molecule has 0 aliphatic carbocycles. The Labute approximate surface area is 104 Å². The summed E-state index contributed by atoms with van der Waals surface area (Å²) in [5.41, 5.74) is 0. The topological polar surface area (TPSA) is 52.6 Å². The third kappa shape index (κ3) is 6.03. The Bertz CT molecular complexity index is 225. The Morgan fingerprint density at radius 3 is 2.53 bits per heavy atom. The number of aliphatic hydroxyl groups excluding tert-OH is 1. The van der Waals surface area contributed by atoms with Crippen molar-refractivity contribution in [1.29, 1.82) is 0 Å². The summed E-state index contributed by atoms with van der Waals surface area (Å²) in [4.78, 5) is 13.9. The molecule has 4 nitrogen and oxygen atoms in total. The number of hydrogen-bond acceptors (Lipinski definition) is 3. The molecule has 4 heteroatoms. The van der Waals surface area contributed by atoms with Crippen LogP contribution in [0.1, 0.15) is 46.0 Å². The van der Waals surface area contributed by atoms with Crippen LogP contribution < -0.4 is 5.32 Å². The Kier molecular flexibility index (Phi) is 6.52. The fourth-order valence-electron chi connectivity index (χ4n) is 2.18. The third-order valence-electron chi connectivity index (χ3n) is 3.40. The van der Waals surface area contributed by atoms with Crippen LogP contribution in [0.5, 0.6) is 0 Å². The van der Waals surface area contributed by atoms with Crippen LogP contribution in [0.3, 0.4) is 0 Å². The fraction of sp³-hybridized carbons (Fsp3) is 0.923. The smallest absolute Gasteiger partial charge is 0.220 e. The first-order chi connectivity index (χ1) is 8.09. The lowest BCUT2D eigenvalue weighted by Crippen LogP contribution is -2.44. The number of carbonyl (C=O) groups is 1. The van der Waals surface area contributed by atoms with Crippen molar-refractivity contribution in [2.45, 2.75) is 58.1 Å². The highest BCUT2D eigenvalue weighted by Gasteiger charge is 2.16. The Balaban J connectivity index is 2.13. The first-order valence-electron chi connectivity index (χ1n) is 6.78. The van der Waals surface area contributed by atoms with E-state index in [9.17, 15) is 4.79 Å². The Hall–Kier alpha value is -0.610. The maximum absolute atomic E-state index is 11.5. The van der Waals surface area contributed by atoms with Gasteiger partial charge in [0.1, 0.15) is 0 Å². The molecule has 1 heterocycles. The van der Waals surface area contributed by atoms with Gasteiger partial charge in [-0.15, -0.1) is 0 Å². The van der Waals surface area contributed by atoms with Crippen molar-refractivity contribution in [3.63, 3.8) is 0 Å². The SMILES string of the molecule is CC(O)CCC(=O)NCC(C)N1CCCCC1. The van der Waals surface area contributed by atoms with Crippen molar-refractivity contribution in [2.24, 2.45) is 0 Å². The molecule has 1 saturated heterocycles. The second kappa shape index (κ2) is 7.67. The van der Waals surface area contributed by atoms with Gasteiger partial charge in [-0.1, -0.05) is 6.42 Å². The molecule has 0 aromatic carbocycles. The maximum atomic E-state index is 11.5. The van der Waals surface area contributed by atoms with Crippen LogP contribution in [-0.2, 0) is 4.79 Å². The molecule has 0 aromatic rings. The number of hydrogen-bond donors (Lipinski definition) is 2. The average Bonchev–Trinajstić information content (AvgIpc) is 2.34. The van der Waals surface area contributed by atoms with Gasteiger partial charge in [-0.25, -0.2) is 0 Å². The lowest BCUT2D eigenvalue weighted by Gasteiger charge is -2.32. The minimum absolute atomic E-state index is 0.0507. The van der Waals surface area contributed by atoms with E-state index in [1.807, 2.05) is 0 Å². The summed E-state index contributed by atoms with van der Waals surface area (Å²) in [7, 11) is 0. The predicted molar refractivity (Wildman–Crippen MR) is 68.8 cm³/mol. The van der Waals surface area contributed by atoms with Gasteiger partial charge < -0.3 is 10.4 Å². The van der Waals surface area contributed by atoms with Crippen LogP contribution >= 0.6 is 0 Å². The summed E-state index contributed by atoms with van der Waals surface area (Å²) >= 11 is 0. The molecule has 1 fully saturated rings. The highest BCUT2D eigenvalue weighted by atomic mass is 16.3. The monoisotopic (exact) mass is 242 g/mol. The summed E-state index contributed by atoms with van der Waals surface area (Å²) in [6, 6.07) is 0.422. The van der Waals surface area contributed by atoms with Crippen molar-refractivity contribution in [3.05, 3.63) is 0 Å². The summed E-state index contributed by atoms with van der Waals surface area (Å²) in [6.45, 7) is 6.91. The standard InChI is InChI=1S/C13H26N2O2/c1-11(15-8-4-3-5-9-15)10-14-13(17)7-6-12(2)16/h11-12,16H,3-10H2,1-2H3,(H,14,17). The molecule has 2 N–H and O–H groups in total. The first-order valence-corrected chi connectivity index (χ1v) is 6.78. The largest absolute Gasteiger partial charge is 0.393 e. The molecule has 2 atom stereocenters. The number of aliphatic hydroxyl groups is 1.